The second-order valence-electron chi connectivity index (χ2n) is 11.6. The van der Waals surface area contributed by atoms with Gasteiger partial charge >= 0.3 is 0 Å². The molecule has 46 heavy (non-hydrogen) atoms. The van der Waals surface area contributed by atoms with Crippen LogP contribution < -0.4 is 14.9 Å². The van der Waals surface area contributed by atoms with E-state index in [4.69, 9.17) is 0 Å². The molecule has 1 fully saturated rings. The van der Waals surface area contributed by atoms with Crippen LogP contribution in [0.25, 0.3) is 22.0 Å². The average molecular weight is 638 g/mol. The van der Waals surface area contributed by atoms with E-state index >= 15 is 0 Å². The van der Waals surface area contributed by atoms with Gasteiger partial charge in [0.25, 0.3) is 15.7 Å². The minimum absolute atomic E-state index is 0.0668. The van der Waals surface area contributed by atoms with Crippen molar-refractivity contribution in [1.82, 2.24) is 14.9 Å². The third-order valence-corrected chi connectivity index (χ3v) is 9.34. The van der Waals surface area contributed by atoms with Gasteiger partial charge in [-0.1, -0.05) is 54.6 Å². The zero-order valence-corrected chi connectivity index (χ0v) is 26.4. The summed E-state index contributed by atoms with van der Waals surface area (Å²) >= 11 is 0. The summed E-state index contributed by atoms with van der Waals surface area (Å²) in [4.78, 5) is 24.2. The molecule has 4 aromatic carbocycles. The Labute approximate surface area is 268 Å². The monoisotopic (exact) mass is 637 g/mol. The van der Waals surface area contributed by atoms with E-state index in [1.165, 1.54) is 35.2 Å². The zero-order chi connectivity index (χ0) is 32.3. The molecule has 6 rings (SSSR count). The van der Waals surface area contributed by atoms with Crippen molar-refractivity contribution in [1.29, 1.82) is 0 Å². The summed E-state index contributed by atoms with van der Waals surface area (Å²) in [6, 6.07) is 28.4. The molecular formula is C34H35N7O4S. The van der Waals surface area contributed by atoms with Crippen LogP contribution in [0.1, 0.15) is 19.4 Å². The third kappa shape index (κ3) is 6.77. The molecule has 1 aliphatic heterocycles. The number of hydrogen-bond donors (Lipinski definition) is 2. The van der Waals surface area contributed by atoms with Crippen LogP contribution in [0.3, 0.4) is 0 Å². The lowest BCUT2D eigenvalue weighted by molar-refractivity contribution is -0.384. The Morgan fingerprint density at radius 3 is 2.37 bits per heavy atom. The molecule has 0 saturated carbocycles. The molecule has 2 N–H and O–H groups in total. The number of nitro benzene ring substituents is 1. The molecule has 0 spiro atoms. The fourth-order valence-corrected chi connectivity index (χ4v) is 6.78. The molecular weight excluding hydrogens is 602 g/mol. The molecule has 0 aliphatic carbocycles. The summed E-state index contributed by atoms with van der Waals surface area (Å²) in [5, 5.41) is 15.2. The number of nitro groups is 1. The topological polar surface area (TPSA) is 134 Å². The fourth-order valence-electron chi connectivity index (χ4n) is 5.73. The first-order chi connectivity index (χ1) is 22.2. The predicted molar refractivity (Wildman–Crippen MR) is 182 cm³/mol. The molecule has 2 heterocycles. The number of nitrogens with one attached hydrogen (secondary N) is 2. The van der Waals surface area contributed by atoms with Gasteiger partial charge in [-0.15, -0.1) is 0 Å². The number of rotatable bonds is 10. The number of aromatic nitrogens is 2. The highest BCUT2D eigenvalue weighted by Gasteiger charge is 2.24. The highest BCUT2D eigenvalue weighted by molar-refractivity contribution is 7.92. The standard InChI is InChI=1S/C34H35N7O4S/c1-24(2)37-31-15-13-28(21-33(31)41(42)43)46(44,45)38-34-30-14-12-27(20-32(30)35-23-36-34)40-18-16-39(17-19-40)22-26-10-6-7-11-29(26)25-8-4-3-5-9-25/h3-15,20-21,23-24,37H,16-19,22H2,1-2H3,(H,35,36,38). The number of fused-ring (bicyclic) bond motifs is 1. The Morgan fingerprint density at radius 2 is 1.63 bits per heavy atom. The number of piperazine rings is 1. The Hall–Kier alpha value is -5.07. The summed E-state index contributed by atoms with van der Waals surface area (Å²) in [7, 11) is -4.18. The maximum Gasteiger partial charge on any atom is 0.293 e. The van der Waals surface area contributed by atoms with Crippen molar-refractivity contribution in [2.45, 2.75) is 31.3 Å². The second kappa shape index (κ2) is 13.1. The van der Waals surface area contributed by atoms with E-state index in [0.717, 1.165) is 44.5 Å². The highest BCUT2D eigenvalue weighted by atomic mass is 32.2. The van der Waals surface area contributed by atoms with Crippen LogP contribution in [-0.2, 0) is 16.6 Å². The van der Waals surface area contributed by atoms with Gasteiger partial charge in [0.05, 0.1) is 15.3 Å². The minimum atomic E-state index is -4.18. The summed E-state index contributed by atoms with van der Waals surface area (Å²) in [5.41, 5.74) is 5.28. The molecule has 12 heteroatoms. The van der Waals surface area contributed by atoms with E-state index in [2.05, 4.69) is 78.3 Å². The van der Waals surface area contributed by atoms with Crippen LogP contribution in [0.4, 0.5) is 22.9 Å². The first-order valence-corrected chi connectivity index (χ1v) is 16.6. The van der Waals surface area contributed by atoms with Crippen molar-refractivity contribution in [2.24, 2.45) is 0 Å². The summed E-state index contributed by atoms with van der Waals surface area (Å²) < 4.78 is 29.1. The molecule has 0 amide bonds. The summed E-state index contributed by atoms with van der Waals surface area (Å²) in [5.74, 6) is 0.102. The number of benzene rings is 4. The van der Waals surface area contributed by atoms with Crippen LogP contribution in [0, 0.1) is 10.1 Å². The van der Waals surface area contributed by atoms with Crippen LogP contribution in [-0.4, -0.2) is 60.4 Å². The Balaban J connectivity index is 1.15. The van der Waals surface area contributed by atoms with Gasteiger partial charge < -0.3 is 10.2 Å². The maximum atomic E-state index is 13.3. The van der Waals surface area contributed by atoms with E-state index in [0.29, 0.717) is 10.9 Å². The van der Waals surface area contributed by atoms with Crippen molar-refractivity contribution in [3.05, 3.63) is 113 Å². The van der Waals surface area contributed by atoms with Gasteiger partial charge in [-0.2, -0.15) is 0 Å². The lowest BCUT2D eigenvalue weighted by Gasteiger charge is -2.36. The summed E-state index contributed by atoms with van der Waals surface area (Å²) in [6.07, 6.45) is 1.31. The quantitative estimate of drug-likeness (QED) is 0.137. The van der Waals surface area contributed by atoms with Gasteiger partial charge in [0, 0.05) is 55.9 Å². The third-order valence-electron chi connectivity index (χ3n) is 8.01. The van der Waals surface area contributed by atoms with E-state index in [1.807, 2.05) is 38.1 Å². The molecule has 1 aliphatic rings. The second-order valence-corrected chi connectivity index (χ2v) is 13.2. The smallest absolute Gasteiger partial charge is 0.293 e. The van der Waals surface area contributed by atoms with Crippen molar-refractivity contribution in [3.63, 3.8) is 0 Å². The SMILES string of the molecule is CC(C)Nc1ccc(S(=O)(=O)Nc2ncnc3cc(N4CCN(Cc5ccccc5-c5ccccc5)CC4)ccc23)cc1[N+](=O)[O-]. The highest BCUT2D eigenvalue weighted by Crippen LogP contribution is 2.31. The van der Waals surface area contributed by atoms with Gasteiger partial charge in [0.15, 0.2) is 5.82 Å². The molecule has 11 nitrogen and oxygen atoms in total. The van der Waals surface area contributed by atoms with Crippen LogP contribution in [0.2, 0.25) is 0 Å². The molecule has 1 saturated heterocycles. The van der Waals surface area contributed by atoms with Crippen LogP contribution >= 0.6 is 0 Å². The number of hydrogen-bond acceptors (Lipinski definition) is 9. The molecule has 5 aromatic rings. The lowest BCUT2D eigenvalue weighted by atomic mass is 9.99. The molecule has 236 valence electrons. The van der Waals surface area contributed by atoms with Crippen LogP contribution in [0.15, 0.2) is 102 Å². The lowest BCUT2D eigenvalue weighted by Crippen LogP contribution is -2.46. The van der Waals surface area contributed by atoms with Gasteiger partial charge in [0.1, 0.15) is 12.0 Å². The van der Waals surface area contributed by atoms with E-state index in [1.54, 1.807) is 0 Å². The number of anilines is 3. The Morgan fingerprint density at radius 1 is 0.891 bits per heavy atom. The normalized spacial score (nSPS) is 14.0. The zero-order valence-electron chi connectivity index (χ0n) is 25.6. The minimum Gasteiger partial charge on any atom is -0.377 e. The van der Waals surface area contributed by atoms with E-state index in [-0.39, 0.29) is 28.1 Å². The molecule has 0 unspecified atom stereocenters. The molecule has 0 atom stereocenters. The fraction of sp³-hybridized carbons (Fsp3) is 0.235. The van der Waals surface area contributed by atoms with Gasteiger partial charge in [0.2, 0.25) is 0 Å². The largest absolute Gasteiger partial charge is 0.377 e. The maximum absolute atomic E-state index is 13.3. The predicted octanol–water partition coefficient (Wildman–Crippen LogP) is 6.15. The van der Waals surface area contributed by atoms with Crippen molar-refractivity contribution >= 4 is 43.8 Å². The Kier molecular flexibility index (Phi) is 8.82. The Bertz CT molecular complexity index is 1980. The number of sulfonamides is 1. The average Bonchev–Trinajstić information content (AvgIpc) is 3.05. The summed E-state index contributed by atoms with van der Waals surface area (Å²) in [6.45, 7) is 8.02. The van der Waals surface area contributed by atoms with E-state index in [9.17, 15) is 18.5 Å². The van der Waals surface area contributed by atoms with Gasteiger partial charge in [-0.25, -0.2) is 18.4 Å². The molecule has 0 bridgehead atoms. The van der Waals surface area contributed by atoms with Crippen molar-refractivity contribution in [3.8, 4) is 11.1 Å². The van der Waals surface area contributed by atoms with Gasteiger partial charge in [-0.05, 0) is 60.9 Å². The van der Waals surface area contributed by atoms with Crippen molar-refractivity contribution < 1.29 is 13.3 Å². The molecule has 1 aromatic heterocycles. The first-order valence-electron chi connectivity index (χ1n) is 15.1. The molecule has 0 radical (unpaired) electrons. The van der Waals surface area contributed by atoms with Crippen molar-refractivity contribution in [2.75, 3.05) is 41.1 Å². The van der Waals surface area contributed by atoms with E-state index < -0.39 is 14.9 Å². The number of nitrogens with zero attached hydrogens (tertiary/aromatic N) is 5. The first kappa shape index (κ1) is 30.9. The van der Waals surface area contributed by atoms with Gasteiger partial charge in [-0.3, -0.25) is 19.7 Å². The van der Waals surface area contributed by atoms with Crippen LogP contribution in [0.5, 0.6) is 0 Å².